The Labute approximate surface area is 424 Å². The first kappa shape index (κ1) is 56.5. The predicted octanol–water partition coefficient (Wildman–Crippen LogP) is -3.40. The van der Waals surface area contributed by atoms with E-state index in [1.54, 1.807) is 0 Å². The first-order valence-electron chi connectivity index (χ1n) is 26.5. The van der Waals surface area contributed by atoms with Crippen LogP contribution in [0.1, 0.15) is 85.5 Å². The second-order valence-electron chi connectivity index (χ2n) is 23.4. The van der Waals surface area contributed by atoms with E-state index in [-0.39, 0.29) is 41.3 Å². The maximum absolute atomic E-state index is 11.8. The van der Waals surface area contributed by atoms with Crippen LogP contribution in [0.5, 0.6) is 0 Å². The topological polar surface area (TPSA) is 366 Å². The normalized spacial score (nSPS) is 54.5. The van der Waals surface area contributed by atoms with E-state index in [4.69, 9.17) is 42.6 Å². The van der Waals surface area contributed by atoms with Gasteiger partial charge in [-0.15, -0.1) is 0 Å². The Morgan fingerprint density at radius 1 is 0.658 bits per heavy atom. The molecule has 0 aromatic rings. The summed E-state index contributed by atoms with van der Waals surface area (Å²) in [4.78, 5) is 0. The van der Waals surface area contributed by atoms with Crippen LogP contribution in [0.4, 0.5) is 0 Å². The molecule has 8 fully saturated rings. The molecule has 5 heterocycles. The molecular formula is C50H82O23. The average Bonchev–Trinajstić information content (AvgIpc) is 3.81. The van der Waals surface area contributed by atoms with Crippen LogP contribution in [0.25, 0.3) is 0 Å². The van der Waals surface area contributed by atoms with Crippen molar-refractivity contribution in [3.05, 3.63) is 11.6 Å². The molecule has 3 saturated carbocycles. The van der Waals surface area contributed by atoms with Gasteiger partial charge in [0.25, 0.3) is 0 Å². The van der Waals surface area contributed by atoms with Gasteiger partial charge in [-0.05, 0) is 91.8 Å². The standard InChI is InChI=1S/C50H82O23/c1-20(15-51)7-12-50(64)21(2)32-28(73-50)14-26-24-6-5-22-13-23(8-10-48(22,3)25(24)9-11-49(26,32)4)66-45-40(63)37(60)41(31(18-54)69-45)70-47-43(72-46-39(62)36(59)34(57)29(16-52)67-46)42(35(58)30(17-53)68-47)71-44-38(61)33(56)27(55)19-65-44/h5,20-21,23-47,51-64H,6-19H2,1-4H3/t20?,21-,23-,24+,25-,26-,27-,28-,29+,30+,31+,32-,33+,34+,35+,36-,37+,38-,39+,40+,41+,42-,43+,44-,45+,46-,47-,48-,49-,50?/m0/s1. The van der Waals surface area contributed by atoms with Gasteiger partial charge < -0.3 is 114 Å². The van der Waals surface area contributed by atoms with Crippen molar-refractivity contribution in [2.75, 3.05) is 33.0 Å². The van der Waals surface area contributed by atoms with Crippen LogP contribution in [-0.2, 0) is 42.6 Å². The van der Waals surface area contributed by atoms with E-state index in [9.17, 15) is 71.5 Å². The number of hydrogen-bond donors (Lipinski definition) is 14. The smallest absolute Gasteiger partial charge is 0.187 e. The number of rotatable bonds is 15. The van der Waals surface area contributed by atoms with Crippen molar-refractivity contribution >= 4 is 0 Å². The molecule has 23 heteroatoms. The van der Waals surface area contributed by atoms with Crippen molar-refractivity contribution in [3.63, 3.8) is 0 Å². The van der Waals surface area contributed by atoms with Gasteiger partial charge in [-0.25, -0.2) is 0 Å². The Balaban J connectivity index is 0.882. The van der Waals surface area contributed by atoms with E-state index >= 15 is 0 Å². The third kappa shape index (κ3) is 10.1. The molecule has 0 aromatic heterocycles. The average molecular weight is 1050 g/mol. The molecule has 30 atom stereocenters. The summed E-state index contributed by atoms with van der Waals surface area (Å²) >= 11 is 0. The van der Waals surface area contributed by atoms with Crippen molar-refractivity contribution in [1.29, 1.82) is 0 Å². The number of fused-ring (bicyclic) bond motifs is 7. The summed E-state index contributed by atoms with van der Waals surface area (Å²) in [5.74, 6) is 0.392. The fourth-order valence-electron chi connectivity index (χ4n) is 14.8. The zero-order chi connectivity index (χ0) is 52.6. The third-order valence-corrected chi connectivity index (χ3v) is 19.2. The number of aliphatic hydroxyl groups excluding tert-OH is 13. The lowest BCUT2D eigenvalue weighted by Crippen LogP contribution is -2.68. The van der Waals surface area contributed by atoms with Gasteiger partial charge in [0, 0.05) is 18.9 Å². The van der Waals surface area contributed by atoms with Gasteiger partial charge in [0.05, 0.1) is 38.6 Å². The molecule has 2 unspecified atom stereocenters. The molecule has 0 bridgehead atoms. The molecule has 23 nitrogen and oxygen atoms in total. The molecule has 5 saturated heterocycles. The highest BCUT2D eigenvalue weighted by atomic mass is 16.8. The predicted molar refractivity (Wildman–Crippen MR) is 246 cm³/mol. The maximum atomic E-state index is 11.8. The SMILES string of the molecule is CC(CO)CCC1(O)O[C@H]2C[C@H]3[C@@H]4CC=C5C[C@@H](O[C@@H]6O[C@H](CO)[C@@H](O[C@@H]7O[C@H](CO)[C@@H](O)[C@H](O[C@@H]8OC[C@H](O)[C@@H](O)[C@@H]8O)[C@H]7O[C@@H]7O[C@H](CO)[C@@H](O)[C@H](O)[C@H]7O)[C@H](O)[C@H]6O)CC[C@]5(C)[C@H]4CC[C@]3(C)[C@H]2[C@@H]1C. The minimum atomic E-state index is -2.01. The molecule has 73 heavy (non-hydrogen) atoms. The van der Waals surface area contributed by atoms with E-state index in [0.717, 1.165) is 32.1 Å². The molecule has 4 aliphatic carbocycles. The quantitative estimate of drug-likeness (QED) is 0.0711. The molecule has 0 radical (unpaired) electrons. The molecule has 9 aliphatic rings. The van der Waals surface area contributed by atoms with Gasteiger partial charge in [-0.1, -0.05) is 39.3 Å². The number of hydrogen-bond acceptors (Lipinski definition) is 23. The van der Waals surface area contributed by atoms with Crippen molar-refractivity contribution < 1.29 is 114 Å². The summed E-state index contributed by atoms with van der Waals surface area (Å²) in [7, 11) is 0. The largest absolute Gasteiger partial charge is 0.396 e. The minimum Gasteiger partial charge on any atom is -0.396 e. The Kier molecular flexibility index (Phi) is 17.2. The fourth-order valence-corrected chi connectivity index (χ4v) is 14.8. The molecule has 5 aliphatic heterocycles. The lowest BCUT2D eigenvalue weighted by Gasteiger charge is -2.58. The molecular weight excluding hydrogens is 969 g/mol. The van der Waals surface area contributed by atoms with Crippen molar-refractivity contribution in [2.24, 2.45) is 46.3 Å². The van der Waals surface area contributed by atoms with E-state index in [1.807, 2.05) is 6.92 Å². The lowest BCUT2D eigenvalue weighted by molar-refractivity contribution is -0.403. The second-order valence-corrected chi connectivity index (χ2v) is 23.4. The van der Waals surface area contributed by atoms with Gasteiger partial charge in [0.2, 0.25) is 0 Å². The summed E-state index contributed by atoms with van der Waals surface area (Å²) in [6.07, 6.45) is -24.3. The number of allylic oxidation sites excluding steroid dienone is 1. The van der Waals surface area contributed by atoms with Gasteiger partial charge in [0.15, 0.2) is 30.9 Å². The van der Waals surface area contributed by atoms with Crippen LogP contribution in [-0.4, -0.2) is 239 Å². The van der Waals surface area contributed by atoms with Crippen LogP contribution >= 0.6 is 0 Å². The van der Waals surface area contributed by atoms with Crippen LogP contribution < -0.4 is 0 Å². The maximum Gasteiger partial charge on any atom is 0.187 e. The Morgan fingerprint density at radius 3 is 1.97 bits per heavy atom. The number of aliphatic hydroxyl groups is 14. The molecule has 0 aromatic carbocycles. The molecule has 0 spiro atoms. The van der Waals surface area contributed by atoms with E-state index in [2.05, 4.69) is 26.8 Å². The summed E-state index contributed by atoms with van der Waals surface area (Å²) in [5, 5.41) is 151. The highest BCUT2D eigenvalue weighted by Crippen LogP contribution is 2.70. The van der Waals surface area contributed by atoms with Crippen LogP contribution in [0, 0.1) is 46.3 Å². The van der Waals surface area contributed by atoms with Crippen LogP contribution in [0.15, 0.2) is 11.6 Å². The van der Waals surface area contributed by atoms with E-state index < -0.39 is 155 Å². The zero-order valence-corrected chi connectivity index (χ0v) is 42.0. The zero-order valence-electron chi connectivity index (χ0n) is 42.0. The van der Waals surface area contributed by atoms with Gasteiger partial charge in [0.1, 0.15) is 91.6 Å². The molecule has 0 amide bonds. The summed E-state index contributed by atoms with van der Waals surface area (Å²) in [5.41, 5.74) is 1.18. The van der Waals surface area contributed by atoms with E-state index in [0.29, 0.717) is 43.4 Å². The van der Waals surface area contributed by atoms with Crippen molar-refractivity contribution in [3.8, 4) is 0 Å². The second kappa shape index (κ2) is 22.2. The van der Waals surface area contributed by atoms with Crippen molar-refractivity contribution in [2.45, 2.75) is 220 Å². The summed E-state index contributed by atoms with van der Waals surface area (Å²) in [6, 6.07) is 0. The number of ether oxygens (including phenoxy) is 9. The monoisotopic (exact) mass is 1050 g/mol. The highest BCUT2D eigenvalue weighted by Gasteiger charge is 2.68. The minimum absolute atomic E-state index is 0.0162. The highest BCUT2D eigenvalue weighted by molar-refractivity contribution is 5.26. The molecule has 9 rings (SSSR count). The molecule has 14 N–H and O–H groups in total. The third-order valence-electron chi connectivity index (χ3n) is 19.2. The molecule has 420 valence electrons. The van der Waals surface area contributed by atoms with Crippen molar-refractivity contribution in [1.82, 2.24) is 0 Å². The first-order chi connectivity index (χ1) is 34.6. The van der Waals surface area contributed by atoms with E-state index in [1.165, 1.54) is 5.57 Å². The summed E-state index contributed by atoms with van der Waals surface area (Å²) < 4.78 is 54.3. The lowest BCUT2D eigenvalue weighted by atomic mass is 9.47. The van der Waals surface area contributed by atoms with Crippen LogP contribution in [0.2, 0.25) is 0 Å². The summed E-state index contributed by atoms with van der Waals surface area (Å²) in [6.45, 7) is 5.90. The van der Waals surface area contributed by atoms with Crippen LogP contribution in [0.3, 0.4) is 0 Å². The van der Waals surface area contributed by atoms with Gasteiger partial charge >= 0.3 is 0 Å². The van der Waals surface area contributed by atoms with Gasteiger partial charge in [-0.2, -0.15) is 0 Å². The Hall–Kier alpha value is -1.18. The Bertz CT molecular complexity index is 1880. The fraction of sp³-hybridized carbons (Fsp3) is 0.960. The first-order valence-corrected chi connectivity index (χ1v) is 26.5. The Morgan fingerprint density at radius 2 is 1.27 bits per heavy atom. The van der Waals surface area contributed by atoms with Gasteiger partial charge in [-0.3, -0.25) is 0 Å².